The highest BCUT2D eigenvalue weighted by molar-refractivity contribution is 7.15. The van der Waals surface area contributed by atoms with Gasteiger partial charge >= 0.3 is 6.18 Å². The predicted octanol–water partition coefficient (Wildman–Crippen LogP) is 4.88. The van der Waals surface area contributed by atoms with E-state index in [1.807, 2.05) is 5.38 Å². The number of hydrogen-bond donors (Lipinski definition) is 1. The van der Waals surface area contributed by atoms with Crippen LogP contribution in [0.5, 0.6) is 0 Å². The van der Waals surface area contributed by atoms with Crippen molar-refractivity contribution in [2.24, 2.45) is 0 Å². The molecule has 0 fully saturated rings. The highest BCUT2D eigenvalue weighted by Gasteiger charge is 2.30. The smallest absolute Gasteiger partial charge is 0.347 e. The molecule has 0 saturated heterocycles. The number of nitrogens with zero attached hydrogens (tertiary/aromatic N) is 3. The lowest BCUT2D eigenvalue weighted by atomic mass is 10.1. The second-order valence-corrected chi connectivity index (χ2v) is 7.31. The van der Waals surface area contributed by atoms with Crippen LogP contribution in [0.4, 0.5) is 13.2 Å². The minimum absolute atomic E-state index is 0.0778. The number of carbonyl (C=O) groups is 1. The number of carbonyl (C=O) groups excluding carboxylic acids is 1. The number of imidazole rings is 1. The van der Waals surface area contributed by atoms with Crippen molar-refractivity contribution in [1.82, 2.24) is 14.7 Å². The Morgan fingerprint density at radius 3 is 2.77 bits per heavy atom. The van der Waals surface area contributed by atoms with Crippen LogP contribution >= 0.6 is 11.3 Å². The highest BCUT2D eigenvalue weighted by atomic mass is 32.1. The van der Waals surface area contributed by atoms with Crippen LogP contribution in [-0.2, 0) is 12.7 Å². The number of halogens is 3. The van der Waals surface area contributed by atoms with Gasteiger partial charge in [0.1, 0.15) is 0 Å². The fourth-order valence-corrected chi connectivity index (χ4v) is 3.79. The van der Waals surface area contributed by atoms with E-state index in [0.29, 0.717) is 27.3 Å². The van der Waals surface area contributed by atoms with E-state index < -0.39 is 17.6 Å². The van der Waals surface area contributed by atoms with Crippen LogP contribution in [0.2, 0.25) is 0 Å². The molecule has 5 nitrogen and oxygen atoms in total. The van der Waals surface area contributed by atoms with E-state index in [-0.39, 0.29) is 12.2 Å². The van der Waals surface area contributed by atoms with E-state index in [1.165, 1.54) is 23.5 Å². The first-order valence-corrected chi connectivity index (χ1v) is 9.65. The summed E-state index contributed by atoms with van der Waals surface area (Å²) in [5, 5.41) is 13.6. The Bertz CT molecular complexity index is 1280. The van der Waals surface area contributed by atoms with Gasteiger partial charge in [0, 0.05) is 23.7 Å². The third kappa shape index (κ3) is 3.77. The molecule has 2 aromatic carbocycles. The molecule has 4 aromatic rings. The summed E-state index contributed by atoms with van der Waals surface area (Å²) in [5.74, 6) is -0.513. The monoisotopic (exact) mass is 426 g/mol. The molecule has 2 heterocycles. The quantitative estimate of drug-likeness (QED) is 0.506. The minimum Gasteiger partial charge on any atom is -0.347 e. The Morgan fingerprint density at radius 2 is 2.00 bits per heavy atom. The molecule has 4 rings (SSSR count). The lowest BCUT2D eigenvalue weighted by Crippen LogP contribution is -2.24. The van der Waals surface area contributed by atoms with E-state index in [0.717, 1.165) is 12.1 Å². The Balaban J connectivity index is 1.65. The standard InChI is InChI=1S/C21H13F3N4OS/c22-21(23,24)16-6-2-4-14(10-16)12-26-19(29)17-18(28-7-8-30-20(28)27-17)15-5-1-3-13(9-15)11-25/h1-10H,12H2,(H,26,29). The first-order chi connectivity index (χ1) is 14.4. The zero-order chi connectivity index (χ0) is 21.3. The minimum atomic E-state index is -4.45. The summed E-state index contributed by atoms with van der Waals surface area (Å²) >= 11 is 1.35. The molecule has 1 amide bonds. The van der Waals surface area contributed by atoms with Crippen molar-refractivity contribution in [2.75, 3.05) is 0 Å². The molecule has 2 aromatic heterocycles. The molecule has 150 valence electrons. The molecule has 30 heavy (non-hydrogen) atoms. The van der Waals surface area contributed by atoms with Gasteiger partial charge in [-0.15, -0.1) is 11.3 Å². The number of nitrogens with one attached hydrogen (secondary N) is 1. The topological polar surface area (TPSA) is 70.2 Å². The van der Waals surface area contributed by atoms with Gasteiger partial charge < -0.3 is 5.32 Å². The summed E-state index contributed by atoms with van der Waals surface area (Å²) in [7, 11) is 0. The van der Waals surface area contributed by atoms with Crippen molar-refractivity contribution < 1.29 is 18.0 Å². The van der Waals surface area contributed by atoms with Crippen molar-refractivity contribution in [1.29, 1.82) is 5.26 Å². The Kier molecular flexibility index (Phi) is 5.01. The zero-order valence-corrected chi connectivity index (χ0v) is 16.1. The molecule has 0 spiro atoms. The van der Waals surface area contributed by atoms with E-state index in [9.17, 15) is 23.2 Å². The van der Waals surface area contributed by atoms with Crippen LogP contribution in [-0.4, -0.2) is 15.3 Å². The van der Waals surface area contributed by atoms with E-state index >= 15 is 0 Å². The maximum absolute atomic E-state index is 12.9. The second kappa shape index (κ2) is 7.65. The van der Waals surface area contributed by atoms with Crippen LogP contribution in [0.15, 0.2) is 60.1 Å². The molecular formula is C21H13F3N4OS. The van der Waals surface area contributed by atoms with Gasteiger partial charge in [0.15, 0.2) is 10.7 Å². The van der Waals surface area contributed by atoms with Gasteiger partial charge in [-0.1, -0.05) is 24.3 Å². The predicted molar refractivity (Wildman–Crippen MR) is 106 cm³/mol. The average molecular weight is 426 g/mol. The molecule has 1 N–H and O–H groups in total. The van der Waals surface area contributed by atoms with Crippen LogP contribution in [0.25, 0.3) is 16.2 Å². The zero-order valence-electron chi connectivity index (χ0n) is 15.3. The van der Waals surface area contributed by atoms with Gasteiger partial charge in [-0.25, -0.2) is 4.98 Å². The van der Waals surface area contributed by atoms with Gasteiger partial charge in [0.2, 0.25) is 0 Å². The summed E-state index contributed by atoms with van der Waals surface area (Å²) in [5.41, 5.74) is 1.30. The molecular weight excluding hydrogens is 413 g/mol. The number of rotatable bonds is 4. The number of hydrogen-bond acceptors (Lipinski definition) is 4. The number of benzene rings is 2. The fraction of sp³-hybridized carbons (Fsp3) is 0.0952. The van der Waals surface area contributed by atoms with E-state index in [1.54, 1.807) is 34.9 Å². The SMILES string of the molecule is N#Cc1cccc(-c2c(C(=O)NCc3cccc(C(F)(F)F)c3)nc3sccn23)c1. The van der Waals surface area contributed by atoms with Crippen LogP contribution < -0.4 is 5.32 Å². The van der Waals surface area contributed by atoms with E-state index in [2.05, 4.69) is 16.4 Å². The van der Waals surface area contributed by atoms with Crippen molar-refractivity contribution in [2.45, 2.75) is 12.7 Å². The summed E-state index contributed by atoms with van der Waals surface area (Å²) in [6.07, 6.45) is -2.68. The number of aromatic nitrogens is 2. The van der Waals surface area contributed by atoms with Crippen LogP contribution in [0, 0.1) is 11.3 Å². The third-order valence-electron chi connectivity index (χ3n) is 4.45. The molecule has 0 aliphatic rings. The van der Waals surface area contributed by atoms with E-state index in [4.69, 9.17) is 0 Å². The first-order valence-electron chi connectivity index (χ1n) is 8.77. The summed E-state index contributed by atoms with van der Waals surface area (Å²) in [6, 6.07) is 13.7. The lowest BCUT2D eigenvalue weighted by Gasteiger charge is -2.10. The van der Waals surface area contributed by atoms with Gasteiger partial charge in [0.25, 0.3) is 5.91 Å². The maximum Gasteiger partial charge on any atom is 0.416 e. The number of nitriles is 1. The highest BCUT2D eigenvalue weighted by Crippen LogP contribution is 2.30. The molecule has 0 bridgehead atoms. The molecule has 0 radical (unpaired) electrons. The van der Waals surface area contributed by atoms with Gasteiger partial charge in [-0.3, -0.25) is 9.20 Å². The molecule has 0 saturated carbocycles. The maximum atomic E-state index is 12.9. The molecule has 0 unspecified atom stereocenters. The number of fused-ring (bicyclic) bond motifs is 1. The summed E-state index contributed by atoms with van der Waals surface area (Å²) in [6.45, 7) is -0.0778. The molecule has 9 heteroatoms. The van der Waals surface area contributed by atoms with Crippen molar-refractivity contribution in [3.8, 4) is 17.3 Å². The third-order valence-corrected chi connectivity index (χ3v) is 5.21. The normalized spacial score (nSPS) is 11.4. The number of amides is 1. The first kappa shape index (κ1) is 19.7. The molecule has 0 aliphatic heterocycles. The number of alkyl halides is 3. The summed E-state index contributed by atoms with van der Waals surface area (Å²) in [4.78, 5) is 17.8. The lowest BCUT2D eigenvalue weighted by molar-refractivity contribution is -0.137. The fourth-order valence-electron chi connectivity index (χ4n) is 3.08. The molecule has 0 aliphatic carbocycles. The van der Waals surface area contributed by atoms with Crippen LogP contribution in [0.3, 0.4) is 0 Å². The second-order valence-electron chi connectivity index (χ2n) is 6.44. The Labute approximate surface area is 173 Å². The number of thiazole rings is 1. The largest absolute Gasteiger partial charge is 0.416 e. The van der Waals surface area contributed by atoms with Gasteiger partial charge in [-0.2, -0.15) is 18.4 Å². The van der Waals surface area contributed by atoms with Gasteiger partial charge in [-0.05, 0) is 29.8 Å². The van der Waals surface area contributed by atoms with Crippen molar-refractivity contribution >= 4 is 22.2 Å². The van der Waals surface area contributed by atoms with Crippen LogP contribution in [0.1, 0.15) is 27.2 Å². The summed E-state index contributed by atoms with van der Waals surface area (Å²) < 4.78 is 40.4. The van der Waals surface area contributed by atoms with Crippen molar-refractivity contribution in [3.63, 3.8) is 0 Å². The van der Waals surface area contributed by atoms with Crippen molar-refractivity contribution in [3.05, 3.63) is 82.5 Å². The Hall–Kier alpha value is -3.64. The molecule has 0 atom stereocenters. The van der Waals surface area contributed by atoms with Gasteiger partial charge in [0.05, 0.1) is 22.9 Å². The Morgan fingerprint density at radius 1 is 1.20 bits per heavy atom. The average Bonchev–Trinajstić information content (AvgIpc) is 3.33.